The molecule has 0 unspecified atom stereocenters. The molecule has 4 rings (SSSR count). The van der Waals surface area contributed by atoms with Crippen LogP contribution in [0.1, 0.15) is 49.6 Å². The van der Waals surface area contributed by atoms with E-state index < -0.39 is 5.91 Å². The van der Waals surface area contributed by atoms with Crippen LogP contribution in [-0.2, 0) is 4.79 Å². The van der Waals surface area contributed by atoms with E-state index in [2.05, 4.69) is 21.6 Å². The molecular formula is C24H27N5O2S. The number of hydrogen-bond acceptors (Lipinski definition) is 5. The van der Waals surface area contributed by atoms with Gasteiger partial charge in [0, 0.05) is 17.1 Å². The summed E-state index contributed by atoms with van der Waals surface area (Å²) in [6.07, 6.45) is 5.92. The first-order valence-corrected chi connectivity index (χ1v) is 11.6. The normalized spacial score (nSPS) is 17.0. The highest BCUT2D eigenvalue weighted by atomic mass is 32.2. The zero-order chi connectivity index (χ0) is 22.8. The summed E-state index contributed by atoms with van der Waals surface area (Å²) in [5.41, 5.74) is 4.15. The fourth-order valence-corrected chi connectivity index (χ4v) is 4.80. The van der Waals surface area contributed by atoms with Gasteiger partial charge in [-0.3, -0.25) is 10.2 Å². The van der Waals surface area contributed by atoms with Crippen LogP contribution in [0.25, 0.3) is 11.8 Å². The van der Waals surface area contributed by atoms with Crippen LogP contribution < -0.4 is 4.74 Å². The molecule has 0 fully saturated rings. The number of aliphatic imine (C=N–C) groups is 1. The van der Waals surface area contributed by atoms with Crippen LogP contribution in [0.2, 0.25) is 0 Å². The number of benzene rings is 1. The second-order valence-corrected chi connectivity index (χ2v) is 8.87. The highest BCUT2D eigenvalue weighted by Gasteiger charge is 2.35. The molecule has 1 aromatic carbocycles. The smallest absolute Gasteiger partial charge is 0.283 e. The van der Waals surface area contributed by atoms with Gasteiger partial charge in [-0.25, -0.2) is 0 Å². The van der Waals surface area contributed by atoms with Crippen LogP contribution >= 0.6 is 11.8 Å². The molecule has 2 aromatic rings. The van der Waals surface area contributed by atoms with Gasteiger partial charge in [-0.05, 0) is 80.4 Å². The number of rotatable bonds is 7. The maximum absolute atomic E-state index is 12.8. The van der Waals surface area contributed by atoms with Gasteiger partial charge in [0.15, 0.2) is 5.84 Å². The minimum atomic E-state index is -0.395. The van der Waals surface area contributed by atoms with Crippen molar-refractivity contribution < 1.29 is 9.53 Å². The van der Waals surface area contributed by atoms with Crippen molar-refractivity contribution in [2.45, 2.75) is 46.5 Å². The number of carbonyl (C=O) groups is 1. The molecule has 8 heteroatoms. The summed E-state index contributed by atoms with van der Waals surface area (Å²) in [6, 6.07) is 9.85. The Labute approximate surface area is 192 Å². The van der Waals surface area contributed by atoms with E-state index in [0.717, 1.165) is 59.1 Å². The Morgan fingerprint density at radius 2 is 1.94 bits per heavy atom. The predicted molar refractivity (Wildman–Crippen MR) is 131 cm³/mol. The molecule has 0 saturated heterocycles. The number of carbonyl (C=O) groups excluding carboxylic acids is 1. The van der Waals surface area contributed by atoms with Crippen molar-refractivity contribution in [1.29, 1.82) is 5.41 Å². The molecule has 2 aliphatic heterocycles. The molecule has 0 aliphatic carbocycles. The van der Waals surface area contributed by atoms with Crippen molar-refractivity contribution in [2.75, 3.05) is 7.11 Å². The fourth-order valence-electron chi connectivity index (χ4n) is 3.88. The van der Waals surface area contributed by atoms with Crippen molar-refractivity contribution in [1.82, 2.24) is 9.58 Å². The van der Waals surface area contributed by atoms with Gasteiger partial charge in [0.1, 0.15) is 10.8 Å². The van der Waals surface area contributed by atoms with E-state index in [1.807, 2.05) is 44.2 Å². The Morgan fingerprint density at radius 1 is 1.19 bits per heavy atom. The van der Waals surface area contributed by atoms with E-state index in [-0.39, 0.29) is 11.4 Å². The topological polar surface area (TPSA) is 83.0 Å². The molecule has 0 radical (unpaired) electrons. The molecule has 0 atom stereocenters. The number of fused-ring (bicyclic) bond motifs is 1. The molecule has 0 bridgehead atoms. The average Bonchev–Trinajstić information content (AvgIpc) is 3.31. The number of amides is 1. The summed E-state index contributed by atoms with van der Waals surface area (Å²) < 4.78 is 7.37. The lowest BCUT2D eigenvalue weighted by molar-refractivity contribution is -0.114. The van der Waals surface area contributed by atoms with Crippen molar-refractivity contribution in [3.8, 4) is 11.4 Å². The highest BCUT2D eigenvalue weighted by molar-refractivity contribution is 8.26. The van der Waals surface area contributed by atoms with Gasteiger partial charge in [0.2, 0.25) is 5.17 Å². The molecule has 0 spiro atoms. The maximum atomic E-state index is 12.8. The van der Waals surface area contributed by atoms with E-state index >= 15 is 0 Å². The lowest BCUT2D eigenvalue weighted by Gasteiger charge is -2.20. The number of hydrazone groups is 1. The van der Waals surface area contributed by atoms with Gasteiger partial charge >= 0.3 is 0 Å². The van der Waals surface area contributed by atoms with Gasteiger partial charge in [-0.15, -0.1) is 0 Å². The molecule has 0 saturated carbocycles. The van der Waals surface area contributed by atoms with E-state index in [1.54, 1.807) is 13.2 Å². The maximum Gasteiger partial charge on any atom is 0.283 e. The highest BCUT2D eigenvalue weighted by Crippen LogP contribution is 2.31. The van der Waals surface area contributed by atoms with Gasteiger partial charge in [0.05, 0.1) is 12.7 Å². The standard InChI is InChI=1S/C24H27N5O2S/c1-5-6-7-8-21-27-29-22(25)20(23(30)26-24(29)32-21)14-17-13-15(2)28(16(17)3)18-9-11-19(31-4)12-10-18/h9-14,25H,5-8H2,1-4H3. The predicted octanol–water partition coefficient (Wildman–Crippen LogP) is 5.30. The molecule has 3 heterocycles. The number of amidine groups is 2. The molecule has 166 valence electrons. The molecule has 1 aromatic heterocycles. The van der Waals surface area contributed by atoms with E-state index in [4.69, 9.17) is 10.1 Å². The second-order valence-electron chi connectivity index (χ2n) is 7.83. The first-order chi connectivity index (χ1) is 15.4. The minimum absolute atomic E-state index is 0.0762. The second kappa shape index (κ2) is 9.16. The number of methoxy groups -OCH3 is 1. The zero-order valence-electron chi connectivity index (χ0n) is 18.8. The van der Waals surface area contributed by atoms with Gasteiger partial charge in [-0.2, -0.15) is 15.1 Å². The van der Waals surface area contributed by atoms with Gasteiger partial charge in [-0.1, -0.05) is 19.8 Å². The Bertz CT molecular complexity index is 1160. The summed E-state index contributed by atoms with van der Waals surface area (Å²) >= 11 is 1.39. The van der Waals surface area contributed by atoms with Crippen LogP contribution in [0.15, 0.2) is 46.0 Å². The third-order valence-corrected chi connectivity index (χ3v) is 6.56. The first-order valence-electron chi connectivity index (χ1n) is 10.8. The monoisotopic (exact) mass is 449 g/mol. The third kappa shape index (κ3) is 4.14. The van der Waals surface area contributed by atoms with Crippen molar-refractivity contribution in [2.24, 2.45) is 10.1 Å². The van der Waals surface area contributed by atoms with Gasteiger partial charge in [0.25, 0.3) is 5.91 Å². The molecule has 1 amide bonds. The number of ether oxygens (including phenoxy) is 1. The Balaban J connectivity index is 1.63. The number of unbranched alkanes of at least 4 members (excludes halogenated alkanes) is 2. The van der Waals surface area contributed by atoms with Crippen LogP contribution in [0.3, 0.4) is 0 Å². The summed E-state index contributed by atoms with van der Waals surface area (Å²) in [5.74, 6) is 0.479. The third-order valence-electron chi connectivity index (χ3n) is 5.59. The number of nitrogens with one attached hydrogen (secondary N) is 1. The van der Waals surface area contributed by atoms with Crippen LogP contribution in [0.4, 0.5) is 0 Å². The van der Waals surface area contributed by atoms with Crippen LogP contribution in [-0.4, -0.2) is 38.6 Å². The Morgan fingerprint density at radius 3 is 2.62 bits per heavy atom. The number of aryl methyl sites for hydroxylation is 1. The summed E-state index contributed by atoms with van der Waals surface area (Å²) in [5, 5.41) is 16.0. The number of aromatic nitrogens is 1. The van der Waals surface area contributed by atoms with Crippen molar-refractivity contribution in [3.05, 3.63) is 52.9 Å². The van der Waals surface area contributed by atoms with Gasteiger partial charge < -0.3 is 9.30 Å². The first kappa shape index (κ1) is 22.1. The lowest BCUT2D eigenvalue weighted by atomic mass is 10.1. The Kier molecular flexibility index (Phi) is 6.32. The molecule has 32 heavy (non-hydrogen) atoms. The molecule has 7 nitrogen and oxygen atoms in total. The molecule has 1 N–H and O–H groups in total. The summed E-state index contributed by atoms with van der Waals surface area (Å²) in [7, 11) is 1.65. The number of thioether (sulfide) groups is 1. The molecule has 2 aliphatic rings. The largest absolute Gasteiger partial charge is 0.497 e. The van der Waals surface area contributed by atoms with E-state index in [0.29, 0.717) is 5.17 Å². The van der Waals surface area contributed by atoms with E-state index in [9.17, 15) is 4.79 Å². The average molecular weight is 450 g/mol. The van der Waals surface area contributed by atoms with Crippen LogP contribution in [0.5, 0.6) is 5.75 Å². The summed E-state index contributed by atoms with van der Waals surface area (Å²) in [4.78, 5) is 17.0. The number of hydrogen-bond donors (Lipinski definition) is 1. The van der Waals surface area contributed by atoms with Crippen molar-refractivity contribution >= 4 is 39.8 Å². The van der Waals surface area contributed by atoms with Crippen LogP contribution in [0, 0.1) is 19.3 Å². The number of nitrogens with zero attached hydrogens (tertiary/aromatic N) is 4. The van der Waals surface area contributed by atoms with Crippen molar-refractivity contribution in [3.63, 3.8) is 0 Å². The minimum Gasteiger partial charge on any atom is -0.497 e. The lowest BCUT2D eigenvalue weighted by Crippen LogP contribution is -2.35. The fraction of sp³-hybridized carbons (Fsp3) is 0.333. The molecular weight excluding hydrogens is 422 g/mol. The summed E-state index contributed by atoms with van der Waals surface area (Å²) in [6.45, 7) is 6.19. The van der Waals surface area contributed by atoms with E-state index in [1.165, 1.54) is 16.8 Å². The zero-order valence-corrected chi connectivity index (χ0v) is 19.6. The SMILES string of the molecule is CCCCCC1=NN2C(=N)C(=Cc3cc(C)n(-c4ccc(OC)cc4)c3C)C(=O)N=C2S1. The quantitative estimate of drug-likeness (QED) is 0.459. The Hall–Kier alpha value is -3.13.